The van der Waals surface area contributed by atoms with Gasteiger partial charge in [0.1, 0.15) is 23.0 Å². The van der Waals surface area contributed by atoms with Crippen molar-refractivity contribution in [3.8, 4) is 12.1 Å². The smallest absolute Gasteiger partial charge is 0.327 e. The van der Waals surface area contributed by atoms with Crippen LogP contribution in [0.4, 0.5) is 5.82 Å². The lowest BCUT2D eigenvalue weighted by molar-refractivity contribution is 0.261. The van der Waals surface area contributed by atoms with Crippen molar-refractivity contribution in [1.82, 2.24) is 4.98 Å². The van der Waals surface area contributed by atoms with E-state index in [0.29, 0.717) is 45.2 Å². The molecule has 1 atom stereocenters. The molecule has 10 heteroatoms. The zero-order valence-corrected chi connectivity index (χ0v) is 19.0. The summed E-state index contributed by atoms with van der Waals surface area (Å²) in [6.45, 7) is 11.9. The van der Waals surface area contributed by atoms with Gasteiger partial charge in [0, 0.05) is 19.3 Å². The second-order valence-corrected chi connectivity index (χ2v) is 8.06. The van der Waals surface area contributed by atoms with Crippen LogP contribution in [-0.2, 0) is 10.9 Å². The van der Waals surface area contributed by atoms with E-state index in [1.165, 1.54) is 11.8 Å². The molecule has 0 fully saturated rings. The lowest BCUT2D eigenvalue weighted by Gasteiger charge is -2.24. The zero-order chi connectivity index (χ0) is 22.8. The predicted octanol–water partition coefficient (Wildman–Crippen LogP) is 3.12. The summed E-state index contributed by atoms with van der Waals surface area (Å²) in [6.07, 6.45) is 4.12. The van der Waals surface area contributed by atoms with E-state index < -0.39 is 13.9 Å². The summed E-state index contributed by atoms with van der Waals surface area (Å²) in [7, 11) is -0.754. The molecule has 4 N–H and O–H groups in total. The van der Waals surface area contributed by atoms with Crippen molar-refractivity contribution in [3.63, 3.8) is 0 Å². The predicted molar refractivity (Wildman–Crippen MR) is 121 cm³/mol. The monoisotopic (exact) mass is 447 g/mol. The quantitative estimate of drug-likeness (QED) is 0.265. The molecule has 1 aromatic heterocycles. The summed E-state index contributed by atoms with van der Waals surface area (Å²) >= 11 is 1.25. The van der Waals surface area contributed by atoms with Gasteiger partial charge >= 0.3 is 8.60 Å². The molecule has 0 spiro atoms. The second-order valence-electron chi connectivity index (χ2n) is 6.20. The Morgan fingerprint density at radius 1 is 1.37 bits per heavy atom. The molecule has 0 amide bonds. The van der Waals surface area contributed by atoms with Crippen LogP contribution in [0.5, 0.6) is 0 Å². The van der Waals surface area contributed by atoms with Crippen molar-refractivity contribution in [2.24, 2.45) is 5.73 Å². The highest BCUT2D eigenvalue weighted by atomic mass is 32.2. The van der Waals surface area contributed by atoms with Gasteiger partial charge in [-0.25, -0.2) is 4.98 Å². The second kappa shape index (κ2) is 12.3. The number of anilines is 1. The molecule has 8 nitrogen and oxygen atoms in total. The standard InChI is InChI=1S/C20H26N5O3PS/c1-6-8-13(3)18(14(4)23)30-20-17(12-22)15(7-2)16(11-21)19(24-20)25(5)9-10-28-29(26)27/h6,8,18,26-27H,3-4,7,9-10,23H2,1-2,5H3/b8-6-. The minimum absolute atomic E-state index is 0.0337. The van der Waals surface area contributed by atoms with Crippen molar-refractivity contribution in [3.05, 3.63) is 53.3 Å². The van der Waals surface area contributed by atoms with E-state index in [2.05, 4.69) is 30.3 Å². The number of nitriles is 2. The van der Waals surface area contributed by atoms with E-state index >= 15 is 0 Å². The molecule has 0 bridgehead atoms. The molecule has 0 aliphatic rings. The summed E-state index contributed by atoms with van der Waals surface area (Å²) in [5, 5.41) is 19.5. The highest BCUT2D eigenvalue weighted by Gasteiger charge is 2.25. The fraction of sp³-hybridized carbons (Fsp3) is 0.350. The van der Waals surface area contributed by atoms with Crippen LogP contribution >= 0.6 is 20.4 Å². The van der Waals surface area contributed by atoms with Gasteiger partial charge < -0.3 is 24.9 Å². The van der Waals surface area contributed by atoms with E-state index in [-0.39, 0.29) is 13.2 Å². The van der Waals surface area contributed by atoms with Crippen molar-refractivity contribution in [2.75, 3.05) is 25.1 Å². The number of likely N-dealkylation sites (N-methyl/N-ethyl adjacent to an activating group) is 1. The number of nitrogens with two attached hydrogens (primary N) is 1. The molecule has 0 saturated heterocycles. The molecule has 0 aliphatic heterocycles. The van der Waals surface area contributed by atoms with Gasteiger partial charge in [-0.2, -0.15) is 10.5 Å². The topological polar surface area (TPSA) is 139 Å². The Hall–Kier alpha value is -2.39. The molecule has 0 aromatic carbocycles. The first-order chi connectivity index (χ1) is 14.2. The fourth-order valence-corrected chi connectivity index (χ4v) is 3.99. The largest absolute Gasteiger partial charge is 0.401 e. The van der Waals surface area contributed by atoms with Crippen LogP contribution < -0.4 is 10.6 Å². The average molecular weight is 448 g/mol. The Balaban J connectivity index is 3.51. The fourth-order valence-electron chi connectivity index (χ4n) is 2.71. The summed E-state index contributed by atoms with van der Waals surface area (Å²) in [4.78, 5) is 24.1. The summed E-state index contributed by atoms with van der Waals surface area (Å²) < 4.78 is 4.81. The number of hydrogen-bond donors (Lipinski definition) is 3. The number of thioether (sulfide) groups is 1. The Labute approximate surface area is 183 Å². The molecule has 0 aliphatic carbocycles. The van der Waals surface area contributed by atoms with E-state index in [1.54, 1.807) is 11.9 Å². The maximum absolute atomic E-state index is 9.79. The molecule has 30 heavy (non-hydrogen) atoms. The number of allylic oxidation sites excluding steroid dienone is 2. The number of nitrogens with zero attached hydrogens (tertiary/aromatic N) is 4. The lowest BCUT2D eigenvalue weighted by atomic mass is 10.0. The lowest BCUT2D eigenvalue weighted by Crippen LogP contribution is -2.25. The van der Waals surface area contributed by atoms with Gasteiger partial charge in [0.25, 0.3) is 0 Å². The number of pyridine rings is 1. The van der Waals surface area contributed by atoms with Gasteiger partial charge in [-0.15, -0.1) is 0 Å². The van der Waals surface area contributed by atoms with Gasteiger partial charge in [0.05, 0.1) is 23.0 Å². The first kappa shape index (κ1) is 25.6. The van der Waals surface area contributed by atoms with E-state index in [9.17, 15) is 10.5 Å². The Morgan fingerprint density at radius 3 is 2.47 bits per heavy atom. The third kappa shape index (κ3) is 6.56. The third-order valence-electron chi connectivity index (χ3n) is 4.10. The highest BCUT2D eigenvalue weighted by Crippen LogP contribution is 2.36. The van der Waals surface area contributed by atoms with E-state index in [4.69, 9.17) is 20.0 Å². The molecule has 160 valence electrons. The maximum atomic E-state index is 9.79. The molecule has 1 rings (SSSR count). The summed E-state index contributed by atoms with van der Waals surface area (Å²) in [5.74, 6) is 0.373. The minimum Gasteiger partial charge on any atom is -0.401 e. The normalized spacial score (nSPS) is 11.9. The molecular weight excluding hydrogens is 421 g/mol. The Bertz CT molecular complexity index is 905. The summed E-state index contributed by atoms with van der Waals surface area (Å²) in [6, 6.07) is 4.32. The molecule has 1 unspecified atom stereocenters. The Kier molecular flexibility index (Phi) is 10.5. The molecule has 1 aromatic rings. The highest BCUT2D eigenvalue weighted by molar-refractivity contribution is 8.00. The van der Waals surface area contributed by atoms with Crippen molar-refractivity contribution >= 4 is 26.2 Å². The van der Waals surface area contributed by atoms with Crippen LogP contribution in [0.2, 0.25) is 0 Å². The summed E-state index contributed by atoms with van der Waals surface area (Å²) in [5.41, 5.74) is 8.27. The van der Waals surface area contributed by atoms with Crippen LogP contribution in [0.3, 0.4) is 0 Å². The van der Waals surface area contributed by atoms with Crippen molar-refractivity contribution < 1.29 is 14.3 Å². The van der Waals surface area contributed by atoms with Gasteiger partial charge in [0.2, 0.25) is 0 Å². The van der Waals surface area contributed by atoms with Crippen LogP contribution in [0.25, 0.3) is 0 Å². The van der Waals surface area contributed by atoms with Gasteiger partial charge in [-0.3, -0.25) is 0 Å². The molecule has 1 heterocycles. The maximum Gasteiger partial charge on any atom is 0.327 e. The number of hydrogen-bond acceptors (Lipinski definition) is 9. The van der Waals surface area contributed by atoms with Crippen LogP contribution in [0, 0.1) is 22.7 Å². The van der Waals surface area contributed by atoms with Gasteiger partial charge in [0.15, 0.2) is 0 Å². The molecule has 0 radical (unpaired) electrons. The van der Waals surface area contributed by atoms with E-state index in [0.717, 1.165) is 0 Å². The SMILES string of the molecule is C=C(N)C(Sc1nc(N(C)CCOP(O)O)c(C#N)c(CC)c1C#N)C(=C)/C=C\C. The average Bonchev–Trinajstić information content (AvgIpc) is 2.69. The van der Waals surface area contributed by atoms with E-state index in [1.807, 2.05) is 26.0 Å². The van der Waals surface area contributed by atoms with Gasteiger partial charge in [-0.05, 0) is 24.5 Å². The van der Waals surface area contributed by atoms with Crippen molar-refractivity contribution in [2.45, 2.75) is 30.5 Å². The minimum atomic E-state index is -2.46. The van der Waals surface area contributed by atoms with Crippen molar-refractivity contribution in [1.29, 1.82) is 10.5 Å². The number of aromatic nitrogens is 1. The third-order valence-corrected chi connectivity index (χ3v) is 5.88. The van der Waals surface area contributed by atoms with Crippen LogP contribution in [0.1, 0.15) is 30.5 Å². The first-order valence-corrected chi connectivity index (χ1v) is 11.1. The van der Waals surface area contributed by atoms with Gasteiger partial charge in [-0.1, -0.05) is 44.0 Å². The number of rotatable bonds is 11. The Morgan fingerprint density at radius 2 is 2.00 bits per heavy atom. The zero-order valence-electron chi connectivity index (χ0n) is 17.3. The van der Waals surface area contributed by atoms with Crippen LogP contribution in [0.15, 0.2) is 41.6 Å². The molecule has 0 saturated carbocycles. The first-order valence-electron chi connectivity index (χ1n) is 9.03. The van der Waals surface area contributed by atoms with Crippen LogP contribution in [-0.4, -0.2) is 40.2 Å². The molecular formula is C20H26N5O3PS.